The van der Waals surface area contributed by atoms with E-state index in [1.165, 1.54) is 7.11 Å². The minimum absolute atomic E-state index is 0.108. The van der Waals surface area contributed by atoms with Crippen molar-refractivity contribution in [3.8, 4) is 0 Å². The van der Waals surface area contributed by atoms with Crippen molar-refractivity contribution in [2.45, 2.75) is 20.8 Å². The van der Waals surface area contributed by atoms with Crippen LogP contribution in [0, 0.1) is 0 Å². The van der Waals surface area contributed by atoms with E-state index in [9.17, 15) is 4.79 Å². The zero-order valence-electron chi connectivity index (χ0n) is 9.66. The highest BCUT2D eigenvalue weighted by molar-refractivity contribution is 7.99. The number of hydrogen-bond acceptors (Lipinski definition) is 2. The van der Waals surface area contributed by atoms with Gasteiger partial charge in [0.05, 0.1) is 12.7 Å². The lowest BCUT2D eigenvalue weighted by Gasteiger charge is -2.04. The summed E-state index contributed by atoms with van der Waals surface area (Å²) in [4.78, 5) is 11.2. The molecule has 0 rings (SSSR count). The van der Waals surface area contributed by atoms with Crippen LogP contribution in [0.15, 0.2) is 16.6 Å². The summed E-state index contributed by atoms with van der Waals surface area (Å²) in [6.45, 7) is 5.97. The molecule has 84 valence electrons. The van der Waals surface area contributed by atoms with Crippen LogP contribution in [0.25, 0.3) is 5.41 Å². The minimum Gasteiger partial charge on any atom is -0.763 e. The maximum absolute atomic E-state index is 11.2. The Kier molecular flexibility index (Phi) is 6.84. The summed E-state index contributed by atoms with van der Waals surface area (Å²) in [5, 5.41) is 10.8. The molecule has 4 heteroatoms. The monoisotopic (exact) mass is 227 g/mol. The number of hydrogen-bond donors (Lipinski definition) is 0. The van der Waals surface area contributed by atoms with Crippen LogP contribution in [-0.2, 0) is 20.4 Å². The number of nitrogens with zero attached hydrogens (tertiary/aromatic N) is 1. The van der Waals surface area contributed by atoms with Crippen molar-refractivity contribution in [3.63, 3.8) is 0 Å². The van der Waals surface area contributed by atoms with Gasteiger partial charge in [0.15, 0.2) is 0 Å². The molecule has 3 nitrogen and oxygen atoms in total. The maximum Gasteiger partial charge on any atom is 0.344 e. The second kappa shape index (κ2) is 7.32. The van der Waals surface area contributed by atoms with Crippen molar-refractivity contribution >= 4 is 22.7 Å². The van der Waals surface area contributed by atoms with Crippen LogP contribution in [0.2, 0.25) is 0 Å². The van der Waals surface area contributed by atoms with E-state index in [1.54, 1.807) is 6.92 Å². The van der Waals surface area contributed by atoms with Gasteiger partial charge in [-0.05, 0) is 20.8 Å². The van der Waals surface area contributed by atoms with E-state index in [0.29, 0.717) is 0 Å². The van der Waals surface area contributed by atoms with E-state index in [2.05, 4.69) is 18.6 Å². The minimum atomic E-state index is -0.554. The Morgan fingerprint density at radius 3 is 2.33 bits per heavy atom. The zero-order chi connectivity index (χ0) is 11.8. The first kappa shape index (κ1) is 14.0. The van der Waals surface area contributed by atoms with Crippen molar-refractivity contribution in [2.75, 3.05) is 18.6 Å². The first-order valence-corrected chi connectivity index (χ1v) is 6.43. The van der Waals surface area contributed by atoms with Crippen LogP contribution in [0.1, 0.15) is 20.8 Å². The van der Waals surface area contributed by atoms with Gasteiger partial charge in [0.25, 0.3) is 0 Å². The molecule has 0 aromatic carbocycles. The Morgan fingerprint density at radius 2 is 2.00 bits per heavy atom. The van der Waals surface area contributed by atoms with E-state index < -0.39 is 5.97 Å². The van der Waals surface area contributed by atoms with E-state index in [4.69, 9.17) is 5.41 Å². The quantitative estimate of drug-likeness (QED) is 0.237. The average molecular weight is 227 g/mol. The second-order valence-electron chi connectivity index (χ2n) is 2.89. The van der Waals surface area contributed by atoms with E-state index >= 15 is 0 Å². The van der Waals surface area contributed by atoms with Gasteiger partial charge in [-0.25, -0.2) is 4.79 Å². The van der Waals surface area contributed by atoms with Crippen LogP contribution in [0.4, 0.5) is 0 Å². The van der Waals surface area contributed by atoms with Crippen LogP contribution in [-0.4, -0.2) is 30.5 Å². The molecular weight excluding hydrogens is 210 g/mol. The Bertz CT molecular complexity index is 300. The van der Waals surface area contributed by atoms with Crippen molar-refractivity contribution in [1.82, 2.24) is 0 Å². The highest BCUT2D eigenvalue weighted by Gasteiger charge is 2.15. The molecule has 15 heavy (non-hydrogen) atoms. The van der Waals surface area contributed by atoms with Gasteiger partial charge < -0.3 is 10.1 Å². The first-order valence-electron chi connectivity index (χ1n) is 4.81. The lowest BCUT2D eigenvalue weighted by molar-refractivity contribution is -0.135. The summed E-state index contributed by atoms with van der Waals surface area (Å²) < 4.78 is 4.54. The maximum atomic E-state index is 11.2. The molecule has 0 heterocycles. The lowest BCUT2D eigenvalue weighted by Crippen LogP contribution is -2.10. The summed E-state index contributed by atoms with van der Waals surface area (Å²) in [5.41, 5.74) is 0.827. The smallest absolute Gasteiger partial charge is 0.344 e. The van der Waals surface area contributed by atoms with Gasteiger partial charge in [-0.1, -0.05) is 0 Å². The Balaban J connectivity index is 4.88. The third-order valence-corrected chi connectivity index (χ3v) is 4.15. The van der Waals surface area contributed by atoms with Gasteiger partial charge in [0, 0.05) is 16.5 Å². The van der Waals surface area contributed by atoms with Crippen molar-refractivity contribution < 1.29 is 9.53 Å². The van der Waals surface area contributed by atoms with Crippen LogP contribution >= 0.6 is 0 Å². The summed E-state index contributed by atoms with van der Waals surface area (Å²) >= 11 is 0. The first-order chi connectivity index (χ1) is 7.10. The fourth-order valence-corrected chi connectivity index (χ4v) is 2.44. The molecule has 0 aliphatic rings. The number of rotatable bonds is 5. The van der Waals surface area contributed by atoms with Gasteiger partial charge in [0.2, 0.25) is 0 Å². The summed E-state index contributed by atoms with van der Waals surface area (Å²) in [6.07, 6.45) is 0. The van der Waals surface area contributed by atoms with Crippen molar-refractivity contribution in [2.24, 2.45) is 0 Å². The molecule has 0 aromatic heterocycles. The Hall–Kier alpha value is -0.990. The molecule has 0 aliphatic carbocycles. The second-order valence-corrected chi connectivity index (χ2v) is 5.36. The topological polar surface area (TPSA) is 48.6 Å². The highest BCUT2D eigenvalue weighted by atomic mass is 32.2. The molecule has 0 bridgehead atoms. The standard InChI is InChI=1S/C11H17NO2S/c1-5-15(6-2)8-9(3)10(7-12)11(13)14-4/h8H,5-6H2,1-4H3/b9-8+. The normalized spacial score (nSPS) is 11.1. The molecule has 0 aliphatic heterocycles. The van der Waals surface area contributed by atoms with E-state index in [-0.39, 0.29) is 16.5 Å². The third-order valence-electron chi connectivity index (χ3n) is 1.98. The SMILES string of the molecule is CC[S+](/C=C(\C)C(=C=[N-])C(=O)OC)CC. The van der Waals surface area contributed by atoms with Gasteiger partial charge >= 0.3 is 5.97 Å². The number of methoxy groups -OCH3 is 1. The molecule has 0 aromatic rings. The molecule has 0 amide bonds. The van der Waals surface area contributed by atoms with E-state index in [1.807, 2.05) is 11.3 Å². The number of ether oxygens (including phenoxy) is 1. The number of carbonyl (C=O) groups excluding carboxylic acids is 1. The van der Waals surface area contributed by atoms with Crippen LogP contribution in [0.5, 0.6) is 0 Å². The molecule has 0 saturated heterocycles. The predicted molar refractivity (Wildman–Crippen MR) is 66.1 cm³/mol. The molecule has 0 unspecified atom stereocenters. The van der Waals surface area contributed by atoms with Crippen LogP contribution in [0.3, 0.4) is 0 Å². The number of carbonyl (C=O) groups is 1. The van der Waals surface area contributed by atoms with Gasteiger partial charge in [0.1, 0.15) is 16.9 Å². The Labute approximate surface area is 94.1 Å². The number of esters is 1. The van der Waals surface area contributed by atoms with E-state index in [0.717, 1.165) is 17.1 Å². The van der Waals surface area contributed by atoms with Crippen molar-refractivity contribution in [1.29, 1.82) is 0 Å². The summed E-state index contributed by atoms with van der Waals surface area (Å²) in [5.74, 6) is 3.40. The zero-order valence-corrected chi connectivity index (χ0v) is 10.5. The summed E-state index contributed by atoms with van der Waals surface area (Å²) in [7, 11) is 1.43. The fraction of sp³-hybridized carbons (Fsp3) is 0.545. The molecule has 0 radical (unpaired) electrons. The average Bonchev–Trinajstić information content (AvgIpc) is 2.26. The lowest BCUT2D eigenvalue weighted by atomic mass is 10.1. The Morgan fingerprint density at radius 1 is 1.47 bits per heavy atom. The van der Waals surface area contributed by atoms with Crippen molar-refractivity contribution in [3.05, 3.63) is 22.0 Å². The van der Waals surface area contributed by atoms with Crippen LogP contribution < -0.4 is 0 Å². The molecule has 0 atom stereocenters. The highest BCUT2D eigenvalue weighted by Crippen LogP contribution is 2.12. The molecule has 0 saturated carbocycles. The predicted octanol–water partition coefficient (Wildman–Crippen LogP) is 1.89. The van der Waals surface area contributed by atoms with Gasteiger partial charge in [-0.2, -0.15) is 0 Å². The molecule has 0 N–H and O–H groups in total. The molecular formula is C11H17NO2S. The third kappa shape index (κ3) is 4.36. The van der Waals surface area contributed by atoms with Gasteiger partial charge in [-0.3, -0.25) is 5.87 Å². The largest absolute Gasteiger partial charge is 0.763 e. The molecule has 0 fully saturated rings. The molecule has 0 spiro atoms. The van der Waals surface area contributed by atoms with Gasteiger partial charge in [-0.15, -0.1) is 0 Å². The summed E-state index contributed by atoms with van der Waals surface area (Å²) in [6, 6.07) is 0. The fourth-order valence-electron chi connectivity index (χ4n) is 1.08.